The van der Waals surface area contributed by atoms with Crippen LogP contribution in [0.15, 0.2) is 36.5 Å². The van der Waals surface area contributed by atoms with E-state index in [-0.39, 0.29) is 30.3 Å². The van der Waals surface area contributed by atoms with Gasteiger partial charge in [0.15, 0.2) is 0 Å². The summed E-state index contributed by atoms with van der Waals surface area (Å²) in [5.74, 6) is 5.07. The quantitative estimate of drug-likeness (QED) is 0.546. The minimum Gasteiger partial charge on any atom is -0.496 e. The Kier molecular flexibility index (Phi) is 7.77. The highest BCUT2D eigenvalue weighted by atomic mass is 16.5. The first-order chi connectivity index (χ1) is 15.5. The van der Waals surface area contributed by atoms with Crippen molar-refractivity contribution in [3.63, 3.8) is 0 Å². The number of ketones is 2. The summed E-state index contributed by atoms with van der Waals surface area (Å²) in [4.78, 5) is 45.0. The number of nitrogens with zero attached hydrogens (tertiary/aromatic N) is 2. The van der Waals surface area contributed by atoms with Gasteiger partial charge in [0, 0.05) is 43.3 Å². The number of rotatable bonds is 3. The van der Waals surface area contributed by atoms with E-state index < -0.39 is 5.92 Å². The summed E-state index contributed by atoms with van der Waals surface area (Å²) in [6, 6.07) is 8.88. The van der Waals surface area contributed by atoms with Gasteiger partial charge in [-0.05, 0) is 56.5 Å². The smallest absolute Gasteiger partial charge is 0.272 e. The number of carbonyl (C=O) groups is 3. The van der Waals surface area contributed by atoms with Crippen molar-refractivity contribution in [3.05, 3.63) is 58.9 Å². The van der Waals surface area contributed by atoms with Crippen molar-refractivity contribution in [1.29, 1.82) is 0 Å². The second-order valence-corrected chi connectivity index (χ2v) is 7.86. The second-order valence-electron chi connectivity index (χ2n) is 7.86. The third-order valence-electron chi connectivity index (χ3n) is 5.64. The van der Waals surface area contributed by atoms with E-state index in [1.165, 1.54) is 7.11 Å². The third-order valence-corrected chi connectivity index (χ3v) is 5.64. The number of amides is 1. The molecule has 0 aliphatic carbocycles. The first-order valence-electron chi connectivity index (χ1n) is 10.8. The molecule has 1 aromatic carbocycles. The van der Waals surface area contributed by atoms with Gasteiger partial charge in [0.1, 0.15) is 28.9 Å². The van der Waals surface area contributed by atoms with E-state index in [9.17, 15) is 14.4 Å². The molecule has 3 rings (SSSR count). The van der Waals surface area contributed by atoms with Gasteiger partial charge < -0.3 is 9.64 Å². The number of Topliss-reactive ketones (excluding diaryl/α,β-unsaturated/α-hetero) is 2. The molecule has 0 saturated carbocycles. The standard InChI is InChI=1S/C26H28N2O4/c1-4-9-19-16-18(2)24(23(17-19)32-3)25-21(29)11-7-14-28(15-8-12-22(25)30)26(31)20-10-5-6-13-27-20/h5-6,10,13,16-17,25H,7-8,11-12,14-15H2,1-3H3. The Morgan fingerprint density at radius 2 is 1.81 bits per heavy atom. The van der Waals surface area contributed by atoms with E-state index in [1.807, 2.05) is 13.0 Å². The van der Waals surface area contributed by atoms with Gasteiger partial charge in [-0.3, -0.25) is 19.4 Å². The molecule has 1 fully saturated rings. The van der Waals surface area contributed by atoms with E-state index in [1.54, 1.807) is 42.3 Å². The van der Waals surface area contributed by atoms with Crippen LogP contribution in [-0.4, -0.2) is 47.6 Å². The first kappa shape index (κ1) is 23.2. The maximum atomic E-state index is 13.2. The maximum absolute atomic E-state index is 13.2. The summed E-state index contributed by atoms with van der Waals surface area (Å²) in [5.41, 5.74) is 2.61. The number of ether oxygens (including phenoxy) is 1. The van der Waals surface area contributed by atoms with Crippen molar-refractivity contribution in [1.82, 2.24) is 9.88 Å². The number of carbonyl (C=O) groups excluding carboxylic acids is 3. The predicted molar refractivity (Wildman–Crippen MR) is 122 cm³/mol. The Hall–Kier alpha value is -3.46. The number of benzene rings is 1. The largest absolute Gasteiger partial charge is 0.496 e. The van der Waals surface area contributed by atoms with Crippen molar-refractivity contribution in [2.24, 2.45) is 0 Å². The second kappa shape index (κ2) is 10.7. The molecule has 1 saturated heterocycles. The molecule has 0 spiro atoms. The Balaban J connectivity index is 1.84. The van der Waals surface area contributed by atoms with Crippen molar-refractivity contribution in [3.8, 4) is 17.6 Å². The molecule has 1 aromatic heterocycles. The Morgan fingerprint density at radius 1 is 1.12 bits per heavy atom. The maximum Gasteiger partial charge on any atom is 0.272 e. The Morgan fingerprint density at radius 3 is 2.38 bits per heavy atom. The highest BCUT2D eigenvalue weighted by molar-refractivity contribution is 6.08. The lowest BCUT2D eigenvalue weighted by Gasteiger charge is -2.26. The highest BCUT2D eigenvalue weighted by Crippen LogP contribution is 2.35. The van der Waals surface area contributed by atoms with Gasteiger partial charge in [0.2, 0.25) is 0 Å². The lowest BCUT2D eigenvalue weighted by Crippen LogP contribution is -2.35. The van der Waals surface area contributed by atoms with Gasteiger partial charge in [-0.1, -0.05) is 12.0 Å². The Labute approximate surface area is 189 Å². The number of aryl methyl sites for hydroxylation is 1. The fourth-order valence-corrected chi connectivity index (χ4v) is 4.17. The summed E-state index contributed by atoms with van der Waals surface area (Å²) >= 11 is 0. The van der Waals surface area contributed by atoms with Gasteiger partial charge in [-0.25, -0.2) is 0 Å². The van der Waals surface area contributed by atoms with Crippen LogP contribution >= 0.6 is 0 Å². The molecule has 0 N–H and O–H groups in total. The van der Waals surface area contributed by atoms with E-state index in [4.69, 9.17) is 4.74 Å². The van der Waals surface area contributed by atoms with Crippen molar-refractivity contribution >= 4 is 17.5 Å². The van der Waals surface area contributed by atoms with Crippen LogP contribution in [0.1, 0.15) is 65.7 Å². The summed E-state index contributed by atoms with van der Waals surface area (Å²) in [6.45, 7) is 4.53. The molecular weight excluding hydrogens is 404 g/mol. The van der Waals surface area contributed by atoms with Gasteiger partial charge >= 0.3 is 0 Å². The fourth-order valence-electron chi connectivity index (χ4n) is 4.17. The zero-order chi connectivity index (χ0) is 23.1. The molecule has 1 aliphatic heterocycles. The molecule has 0 atom stereocenters. The van der Waals surface area contributed by atoms with Crippen LogP contribution in [0, 0.1) is 18.8 Å². The average molecular weight is 433 g/mol. The molecule has 0 radical (unpaired) electrons. The third kappa shape index (κ3) is 5.23. The molecule has 6 nitrogen and oxygen atoms in total. The van der Waals surface area contributed by atoms with Crippen LogP contribution in [0.3, 0.4) is 0 Å². The van der Waals surface area contributed by atoms with Crippen LogP contribution in [0.4, 0.5) is 0 Å². The molecule has 2 heterocycles. The van der Waals surface area contributed by atoms with Gasteiger partial charge in [-0.2, -0.15) is 0 Å². The topological polar surface area (TPSA) is 76.6 Å². The fraction of sp³-hybridized carbons (Fsp3) is 0.385. The number of aromatic nitrogens is 1. The normalized spacial score (nSPS) is 15.7. The van der Waals surface area contributed by atoms with Crippen LogP contribution in [0.5, 0.6) is 5.75 Å². The van der Waals surface area contributed by atoms with E-state index in [0.29, 0.717) is 42.9 Å². The number of hydrogen-bond donors (Lipinski definition) is 0. The van der Waals surface area contributed by atoms with Gasteiger partial charge in [0.25, 0.3) is 5.91 Å². The zero-order valence-electron chi connectivity index (χ0n) is 18.8. The number of hydrogen-bond acceptors (Lipinski definition) is 5. The molecule has 0 bridgehead atoms. The van der Waals surface area contributed by atoms with Crippen LogP contribution in [-0.2, 0) is 9.59 Å². The Bertz CT molecular complexity index is 1040. The minimum absolute atomic E-state index is 0.141. The average Bonchev–Trinajstić information content (AvgIpc) is 2.79. The van der Waals surface area contributed by atoms with E-state index in [0.717, 1.165) is 11.1 Å². The van der Waals surface area contributed by atoms with Crippen molar-refractivity contribution in [2.45, 2.75) is 45.4 Å². The first-order valence-corrected chi connectivity index (χ1v) is 10.8. The lowest BCUT2D eigenvalue weighted by atomic mass is 9.83. The molecule has 6 heteroatoms. The predicted octanol–water partition coefficient (Wildman–Crippen LogP) is 3.71. The summed E-state index contributed by atoms with van der Waals surface area (Å²) in [6.07, 6.45) is 2.98. The summed E-state index contributed by atoms with van der Waals surface area (Å²) < 4.78 is 5.56. The molecule has 2 aromatic rings. The number of pyridine rings is 1. The highest BCUT2D eigenvalue weighted by Gasteiger charge is 2.33. The molecule has 32 heavy (non-hydrogen) atoms. The SMILES string of the molecule is CC#Cc1cc(C)c(C2C(=O)CCCN(C(=O)c3ccccn3)CCCC2=O)c(OC)c1. The molecule has 0 unspecified atom stereocenters. The summed E-state index contributed by atoms with van der Waals surface area (Å²) in [5, 5.41) is 0. The van der Waals surface area contributed by atoms with Crippen LogP contribution in [0.25, 0.3) is 0 Å². The van der Waals surface area contributed by atoms with Crippen molar-refractivity contribution in [2.75, 3.05) is 20.2 Å². The monoisotopic (exact) mass is 432 g/mol. The lowest BCUT2D eigenvalue weighted by molar-refractivity contribution is -0.129. The van der Waals surface area contributed by atoms with Gasteiger partial charge in [0.05, 0.1) is 7.11 Å². The molecule has 1 aliphatic rings. The molecular formula is C26H28N2O4. The summed E-state index contributed by atoms with van der Waals surface area (Å²) in [7, 11) is 1.54. The minimum atomic E-state index is -0.855. The zero-order valence-corrected chi connectivity index (χ0v) is 18.8. The molecule has 166 valence electrons. The van der Waals surface area contributed by atoms with Crippen molar-refractivity contribution < 1.29 is 19.1 Å². The van der Waals surface area contributed by atoms with Crippen LogP contribution in [0.2, 0.25) is 0 Å². The van der Waals surface area contributed by atoms with Gasteiger partial charge in [-0.15, -0.1) is 5.92 Å². The number of methoxy groups -OCH3 is 1. The van der Waals surface area contributed by atoms with Crippen LogP contribution < -0.4 is 4.74 Å². The van der Waals surface area contributed by atoms with E-state index >= 15 is 0 Å². The molecule has 1 amide bonds. The van der Waals surface area contributed by atoms with E-state index in [2.05, 4.69) is 16.8 Å².